The molecule has 1 unspecified atom stereocenters. The van der Waals surface area contributed by atoms with E-state index >= 15 is 0 Å². The summed E-state index contributed by atoms with van der Waals surface area (Å²) in [5, 5.41) is 0. The number of ether oxygens (including phenoxy) is 1. The monoisotopic (exact) mass is 404 g/mol. The molecule has 2 aromatic rings. The Morgan fingerprint density at radius 3 is 2.14 bits per heavy atom. The van der Waals surface area contributed by atoms with Crippen molar-refractivity contribution in [2.45, 2.75) is 30.3 Å². The standard InChI is InChI=1S/C21H18F2O4S/c1-21(14-6-7-14)19(12-3-8-15(9-4-12)28(2,25)26)18(20(24)27-21)13-5-10-16(22)17(23)11-13/h3-5,8-11,14H,6-7H2,1-2H3. The Morgan fingerprint density at radius 2 is 1.61 bits per heavy atom. The Balaban J connectivity index is 1.94. The molecule has 0 N–H and O–H groups in total. The molecule has 0 spiro atoms. The zero-order chi connectivity index (χ0) is 20.3. The number of rotatable bonds is 4. The molecule has 146 valence electrons. The van der Waals surface area contributed by atoms with Crippen molar-refractivity contribution in [1.82, 2.24) is 0 Å². The van der Waals surface area contributed by atoms with Crippen molar-refractivity contribution in [3.05, 3.63) is 65.2 Å². The van der Waals surface area contributed by atoms with Gasteiger partial charge in [-0.05, 0) is 55.2 Å². The molecule has 0 radical (unpaired) electrons. The minimum Gasteiger partial charge on any atom is -0.451 e. The lowest BCUT2D eigenvalue weighted by molar-refractivity contribution is -0.144. The summed E-state index contributed by atoms with van der Waals surface area (Å²) in [5.41, 5.74) is 0.707. The Morgan fingerprint density at radius 1 is 1.00 bits per heavy atom. The molecule has 1 aliphatic carbocycles. The summed E-state index contributed by atoms with van der Waals surface area (Å²) in [7, 11) is -3.37. The molecule has 1 atom stereocenters. The van der Waals surface area contributed by atoms with Gasteiger partial charge in [0.05, 0.1) is 10.5 Å². The Kier molecular flexibility index (Phi) is 4.19. The molecule has 4 nitrogen and oxygen atoms in total. The van der Waals surface area contributed by atoms with Crippen molar-refractivity contribution >= 4 is 27.0 Å². The van der Waals surface area contributed by atoms with Gasteiger partial charge in [-0.1, -0.05) is 18.2 Å². The highest BCUT2D eigenvalue weighted by molar-refractivity contribution is 7.90. The van der Waals surface area contributed by atoms with Crippen molar-refractivity contribution in [3.8, 4) is 0 Å². The van der Waals surface area contributed by atoms with Gasteiger partial charge >= 0.3 is 5.97 Å². The maximum atomic E-state index is 13.8. The second kappa shape index (κ2) is 6.24. The summed E-state index contributed by atoms with van der Waals surface area (Å²) in [6.07, 6.45) is 2.89. The maximum Gasteiger partial charge on any atom is 0.340 e. The Bertz CT molecular complexity index is 1120. The van der Waals surface area contributed by atoms with Crippen LogP contribution < -0.4 is 0 Å². The molecule has 0 bridgehead atoms. The molecule has 4 rings (SSSR count). The van der Waals surface area contributed by atoms with Crippen LogP contribution in [0.3, 0.4) is 0 Å². The minimum absolute atomic E-state index is 0.129. The molecule has 7 heteroatoms. The third-order valence-corrected chi connectivity index (χ3v) is 6.52. The molecular formula is C21H18F2O4S. The fraction of sp³-hybridized carbons (Fsp3) is 0.286. The van der Waals surface area contributed by atoms with E-state index in [9.17, 15) is 22.0 Å². The summed E-state index contributed by atoms with van der Waals surface area (Å²) in [5.74, 6) is -2.52. The summed E-state index contributed by atoms with van der Waals surface area (Å²) < 4.78 is 56.4. The van der Waals surface area contributed by atoms with E-state index in [1.54, 1.807) is 12.1 Å². The third-order valence-electron chi connectivity index (χ3n) is 5.39. The number of carbonyl (C=O) groups is 1. The zero-order valence-electron chi connectivity index (χ0n) is 15.3. The Labute approximate surface area is 161 Å². The lowest BCUT2D eigenvalue weighted by Gasteiger charge is -2.27. The van der Waals surface area contributed by atoms with E-state index < -0.39 is 33.0 Å². The van der Waals surface area contributed by atoms with Crippen LogP contribution >= 0.6 is 0 Å². The second-order valence-corrected chi connectivity index (χ2v) is 9.46. The van der Waals surface area contributed by atoms with Gasteiger partial charge in [-0.15, -0.1) is 0 Å². The number of esters is 1. The highest BCUT2D eigenvalue weighted by Crippen LogP contribution is 2.55. The largest absolute Gasteiger partial charge is 0.451 e. The summed E-state index contributed by atoms with van der Waals surface area (Å²) >= 11 is 0. The van der Waals surface area contributed by atoms with Gasteiger partial charge in [0.2, 0.25) is 0 Å². The molecule has 1 heterocycles. The van der Waals surface area contributed by atoms with Crippen LogP contribution in [0.25, 0.3) is 11.1 Å². The molecule has 0 aromatic heterocycles. The van der Waals surface area contributed by atoms with Gasteiger partial charge in [-0.3, -0.25) is 0 Å². The first-order valence-corrected chi connectivity index (χ1v) is 10.7. The predicted molar refractivity (Wildman–Crippen MR) is 99.9 cm³/mol. The van der Waals surface area contributed by atoms with Crippen molar-refractivity contribution in [2.24, 2.45) is 5.92 Å². The van der Waals surface area contributed by atoms with Crippen LogP contribution in [0.2, 0.25) is 0 Å². The SMILES string of the molecule is CC1(C2CC2)OC(=O)C(c2ccc(F)c(F)c2)=C1c1ccc(S(C)(=O)=O)cc1. The van der Waals surface area contributed by atoms with E-state index in [1.165, 1.54) is 18.2 Å². The van der Waals surface area contributed by atoms with E-state index in [0.717, 1.165) is 31.2 Å². The average molecular weight is 404 g/mol. The van der Waals surface area contributed by atoms with Crippen LogP contribution in [0.5, 0.6) is 0 Å². The van der Waals surface area contributed by atoms with E-state index in [4.69, 9.17) is 4.74 Å². The summed E-state index contributed by atoms with van der Waals surface area (Å²) in [6.45, 7) is 1.81. The van der Waals surface area contributed by atoms with Crippen LogP contribution in [-0.2, 0) is 19.4 Å². The lowest BCUT2D eigenvalue weighted by Crippen LogP contribution is -2.30. The lowest BCUT2D eigenvalue weighted by atomic mass is 9.82. The van der Waals surface area contributed by atoms with E-state index in [2.05, 4.69) is 0 Å². The van der Waals surface area contributed by atoms with E-state index in [0.29, 0.717) is 11.1 Å². The van der Waals surface area contributed by atoms with E-state index in [1.807, 2.05) is 6.92 Å². The topological polar surface area (TPSA) is 60.4 Å². The van der Waals surface area contributed by atoms with Gasteiger partial charge in [0.25, 0.3) is 0 Å². The normalized spacial score (nSPS) is 22.5. The third kappa shape index (κ3) is 3.03. The second-order valence-electron chi connectivity index (χ2n) is 7.45. The molecular weight excluding hydrogens is 386 g/mol. The number of carbonyl (C=O) groups excluding carboxylic acids is 1. The molecule has 28 heavy (non-hydrogen) atoms. The number of sulfone groups is 1. The van der Waals surface area contributed by atoms with Crippen LogP contribution in [0, 0.1) is 17.6 Å². The fourth-order valence-corrected chi connectivity index (χ4v) is 4.41. The van der Waals surface area contributed by atoms with Crippen molar-refractivity contribution in [3.63, 3.8) is 0 Å². The van der Waals surface area contributed by atoms with Gasteiger partial charge < -0.3 is 4.74 Å². The number of hydrogen-bond acceptors (Lipinski definition) is 4. The molecule has 2 aromatic carbocycles. The quantitative estimate of drug-likeness (QED) is 0.723. The summed E-state index contributed by atoms with van der Waals surface area (Å²) in [4.78, 5) is 12.9. The molecule has 1 aliphatic heterocycles. The van der Waals surface area contributed by atoms with Crippen molar-refractivity contribution in [1.29, 1.82) is 0 Å². The molecule has 0 saturated heterocycles. The molecule has 1 saturated carbocycles. The van der Waals surface area contributed by atoms with Crippen molar-refractivity contribution < 1.29 is 26.7 Å². The number of halogens is 2. The Hall–Kier alpha value is -2.54. The minimum atomic E-state index is -3.37. The number of hydrogen-bond donors (Lipinski definition) is 0. The first-order chi connectivity index (χ1) is 13.1. The number of cyclic esters (lactones) is 1. The molecule has 2 aliphatic rings. The van der Waals surface area contributed by atoms with Gasteiger partial charge in [0.1, 0.15) is 5.60 Å². The van der Waals surface area contributed by atoms with Crippen LogP contribution in [0.1, 0.15) is 30.9 Å². The highest BCUT2D eigenvalue weighted by atomic mass is 32.2. The van der Waals surface area contributed by atoms with Gasteiger partial charge in [0.15, 0.2) is 21.5 Å². The number of benzene rings is 2. The molecule has 0 amide bonds. The van der Waals surface area contributed by atoms with Gasteiger partial charge in [-0.2, -0.15) is 0 Å². The van der Waals surface area contributed by atoms with Crippen LogP contribution in [0.15, 0.2) is 47.4 Å². The van der Waals surface area contributed by atoms with Crippen LogP contribution in [0.4, 0.5) is 8.78 Å². The fourth-order valence-electron chi connectivity index (χ4n) is 3.78. The average Bonchev–Trinajstić information content (AvgIpc) is 3.43. The highest BCUT2D eigenvalue weighted by Gasteiger charge is 2.53. The first-order valence-electron chi connectivity index (χ1n) is 8.85. The zero-order valence-corrected chi connectivity index (χ0v) is 16.1. The predicted octanol–water partition coefficient (Wildman–Crippen LogP) is 4.00. The first kappa shape index (κ1) is 18.8. The maximum absolute atomic E-state index is 13.8. The smallest absolute Gasteiger partial charge is 0.340 e. The molecule has 1 fully saturated rings. The van der Waals surface area contributed by atoms with Gasteiger partial charge in [-0.25, -0.2) is 22.0 Å². The van der Waals surface area contributed by atoms with Gasteiger partial charge in [0, 0.05) is 17.7 Å². The van der Waals surface area contributed by atoms with E-state index in [-0.39, 0.29) is 21.9 Å². The summed E-state index contributed by atoms with van der Waals surface area (Å²) in [6, 6.07) is 9.48. The van der Waals surface area contributed by atoms with Crippen LogP contribution in [-0.4, -0.2) is 26.2 Å². The van der Waals surface area contributed by atoms with Crippen molar-refractivity contribution in [2.75, 3.05) is 6.26 Å².